The van der Waals surface area contributed by atoms with E-state index in [2.05, 4.69) is 11.1 Å². The molecule has 3 heterocycles. The van der Waals surface area contributed by atoms with Crippen molar-refractivity contribution < 1.29 is 14.3 Å². The van der Waals surface area contributed by atoms with Crippen LogP contribution in [0.1, 0.15) is 40.8 Å². The van der Waals surface area contributed by atoms with Crippen molar-refractivity contribution in [2.75, 3.05) is 0 Å². The molecular weight excluding hydrogens is 420 g/mol. The van der Waals surface area contributed by atoms with E-state index in [-0.39, 0.29) is 17.7 Å². The average molecular weight is 441 g/mol. The van der Waals surface area contributed by atoms with Crippen LogP contribution in [0.4, 0.5) is 0 Å². The predicted octanol–water partition coefficient (Wildman–Crippen LogP) is 5.37. The highest BCUT2D eigenvalue weighted by Gasteiger charge is 2.26. The number of carbonyl (C=O) groups is 2. The maximum Gasteiger partial charge on any atom is 0.169 e. The van der Waals surface area contributed by atoms with Crippen LogP contribution >= 0.6 is 22.9 Å². The van der Waals surface area contributed by atoms with Crippen molar-refractivity contribution in [3.8, 4) is 16.2 Å². The zero-order chi connectivity index (χ0) is 21.3. The largest absolute Gasteiger partial charge is 0.488 e. The van der Waals surface area contributed by atoms with Crippen LogP contribution in [0.3, 0.4) is 0 Å². The van der Waals surface area contributed by atoms with Crippen LogP contribution in [0.15, 0.2) is 42.7 Å². The Balaban J connectivity index is 1.40. The summed E-state index contributed by atoms with van der Waals surface area (Å²) >= 11 is 7.93. The van der Waals surface area contributed by atoms with Crippen molar-refractivity contribution in [1.82, 2.24) is 9.55 Å². The predicted molar refractivity (Wildman–Crippen MR) is 119 cm³/mol. The number of benzene rings is 1. The van der Waals surface area contributed by atoms with E-state index >= 15 is 0 Å². The van der Waals surface area contributed by atoms with Crippen LogP contribution in [0.2, 0.25) is 5.02 Å². The van der Waals surface area contributed by atoms with E-state index in [1.165, 1.54) is 11.3 Å². The minimum Gasteiger partial charge on any atom is -0.488 e. The van der Waals surface area contributed by atoms with Gasteiger partial charge in [-0.3, -0.25) is 9.59 Å². The lowest BCUT2D eigenvalue weighted by molar-refractivity contribution is -0.115. The normalized spacial score (nSPS) is 15.4. The van der Waals surface area contributed by atoms with E-state index in [1.54, 1.807) is 25.3 Å². The second kappa shape index (κ2) is 8.58. The average Bonchev–Trinajstić information content (AvgIpc) is 3.44. The second-order valence-electron chi connectivity index (χ2n) is 7.35. The fourth-order valence-corrected chi connectivity index (χ4v) is 4.64. The topological polar surface area (TPSA) is 61.2 Å². The van der Waals surface area contributed by atoms with Gasteiger partial charge in [0.2, 0.25) is 0 Å². The number of ether oxygens (including phenoxy) is 1. The molecule has 0 aliphatic carbocycles. The third-order valence-electron chi connectivity index (χ3n) is 5.08. The first-order valence-electron chi connectivity index (χ1n) is 9.69. The molecule has 154 valence electrons. The van der Waals surface area contributed by atoms with Crippen molar-refractivity contribution in [2.45, 2.75) is 32.3 Å². The molecule has 30 heavy (non-hydrogen) atoms. The molecule has 2 aromatic heterocycles. The number of allylic oxidation sites excluding steroid dienone is 1. The highest BCUT2D eigenvalue weighted by Crippen LogP contribution is 2.41. The number of fused-ring (bicyclic) bond motifs is 1. The molecule has 1 aromatic carbocycles. The minimum atomic E-state index is -0.0747. The van der Waals surface area contributed by atoms with E-state index in [1.807, 2.05) is 36.0 Å². The number of carbonyl (C=O) groups excluding carboxylic acids is 2. The number of hydrogen-bond donors (Lipinski definition) is 0. The molecule has 1 aliphatic rings. The standard InChI is InChI=1S/C23H21ClN2O3S/c1-14(27)20-6-7-21(30-20)15-11-16-12-18(29-23(16)19(24)13-15)5-3-17(28)4-8-22-25-9-10-26(22)2/h4,6-11,13,18H,3,5,12H2,1-2H3/b8-4+. The van der Waals surface area contributed by atoms with Crippen LogP contribution in [-0.4, -0.2) is 27.2 Å². The first-order valence-corrected chi connectivity index (χ1v) is 10.9. The van der Waals surface area contributed by atoms with Gasteiger partial charge in [-0.15, -0.1) is 11.3 Å². The Morgan fingerprint density at radius 3 is 2.90 bits per heavy atom. The fraction of sp³-hybridized carbons (Fsp3) is 0.261. The van der Waals surface area contributed by atoms with Crippen LogP contribution in [0.5, 0.6) is 5.75 Å². The molecule has 0 radical (unpaired) electrons. The monoisotopic (exact) mass is 440 g/mol. The summed E-state index contributed by atoms with van der Waals surface area (Å²) < 4.78 is 7.87. The number of halogens is 1. The SMILES string of the molecule is CC(=O)c1ccc(-c2cc(Cl)c3c(c2)CC(CCC(=O)/C=C/c2nccn2C)O3)s1. The zero-order valence-electron chi connectivity index (χ0n) is 16.7. The third-order valence-corrected chi connectivity index (χ3v) is 6.60. The van der Waals surface area contributed by atoms with Gasteiger partial charge in [0.1, 0.15) is 17.7 Å². The molecule has 1 atom stereocenters. The molecule has 0 amide bonds. The van der Waals surface area contributed by atoms with Crippen molar-refractivity contribution in [3.63, 3.8) is 0 Å². The van der Waals surface area contributed by atoms with Gasteiger partial charge < -0.3 is 9.30 Å². The molecule has 7 heteroatoms. The highest BCUT2D eigenvalue weighted by molar-refractivity contribution is 7.17. The van der Waals surface area contributed by atoms with Crippen LogP contribution in [0, 0.1) is 0 Å². The minimum absolute atomic E-state index is 0.0414. The summed E-state index contributed by atoms with van der Waals surface area (Å²) in [6.07, 6.45) is 8.49. The number of nitrogens with zero attached hydrogens (tertiary/aromatic N) is 2. The van der Waals surface area contributed by atoms with Crippen molar-refractivity contribution in [1.29, 1.82) is 0 Å². The fourth-order valence-electron chi connectivity index (χ4n) is 3.46. The number of thiophene rings is 1. The van der Waals surface area contributed by atoms with Gasteiger partial charge in [-0.1, -0.05) is 11.6 Å². The van der Waals surface area contributed by atoms with Crippen LogP contribution in [-0.2, 0) is 18.3 Å². The first kappa shape index (κ1) is 20.6. The third kappa shape index (κ3) is 4.40. The summed E-state index contributed by atoms with van der Waals surface area (Å²) in [5.74, 6) is 1.54. The lowest BCUT2D eigenvalue weighted by Crippen LogP contribution is -2.14. The van der Waals surface area contributed by atoms with Crippen LogP contribution < -0.4 is 4.74 Å². The van der Waals surface area contributed by atoms with Crippen molar-refractivity contribution in [3.05, 3.63) is 64.0 Å². The van der Waals surface area contributed by atoms with E-state index in [4.69, 9.17) is 16.3 Å². The Bertz CT molecular complexity index is 1150. The van der Waals surface area contributed by atoms with Gasteiger partial charge in [-0.2, -0.15) is 0 Å². The lowest BCUT2D eigenvalue weighted by atomic mass is 10.0. The van der Waals surface area contributed by atoms with Gasteiger partial charge in [0.25, 0.3) is 0 Å². The Hall–Kier alpha value is -2.70. The number of ketones is 2. The molecule has 0 bridgehead atoms. The van der Waals surface area contributed by atoms with Gasteiger partial charge in [0.05, 0.1) is 9.90 Å². The summed E-state index contributed by atoms with van der Waals surface area (Å²) in [7, 11) is 1.88. The second-order valence-corrected chi connectivity index (χ2v) is 8.84. The maximum absolute atomic E-state index is 12.2. The van der Waals surface area contributed by atoms with Crippen LogP contribution in [0.25, 0.3) is 16.5 Å². The molecule has 0 saturated carbocycles. The number of hydrogen-bond acceptors (Lipinski definition) is 5. The van der Waals surface area contributed by atoms with E-state index in [0.29, 0.717) is 30.0 Å². The summed E-state index contributed by atoms with van der Waals surface area (Å²) in [5.41, 5.74) is 2.02. The number of aromatic nitrogens is 2. The molecule has 1 aliphatic heterocycles. The van der Waals surface area contributed by atoms with Gasteiger partial charge in [0, 0.05) is 42.7 Å². The molecule has 0 saturated heterocycles. The molecule has 5 nitrogen and oxygen atoms in total. The summed E-state index contributed by atoms with van der Waals surface area (Å²) in [4.78, 5) is 29.7. The molecule has 1 unspecified atom stereocenters. The van der Waals surface area contributed by atoms with E-state index < -0.39 is 0 Å². The Morgan fingerprint density at radius 1 is 1.37 bits per heavy atom. The number of Topliss-reactive ketones (excluding diaryl/α,β-unsaturated/α-hetero) is 1. The molecule has 3 aromatic rings. The molecular formula is C23H21ClN2O3S. The molecule has 0 spiro atoms. The number of aryl methyl sites for hydroxylation is 1. The Kier molecular flexibility index (Phi) is 5.88. The number of rotatable bonds is 7. The van der Waals surface area contributed by atoms with Crippen molar-refractivity contribution in [2.24, 2.45) is 7.05 Å². The highest BCUT2D eigenvalue weighted by atomic mass is 35.5. The quantitative estimate of drug-likeness (QED) is 0.366. The molecule has 0 fully saturated rings. The number of imidazole rings is 1. The Morgan fingerprint density at radius 2 is 2.20 bits per heavy atom. The van der Waals surface area contributed by atoms with Gasteiger partial charge >= 0.3 is 0 Å². The summed E-state index contributed by atoms with van der Waals surface area (Å²) in [6.45, 7) is 1.57. The smallest absolute Gasteiger partial charge is 0.169 e. The summed E-state index contributed by atoms with van der Waals surface area (Å²) in [5, 5.41) is 0.559. The maximum atomic E-state index is 12.2. The van der Waals surface area contributed by atoms with Gasteiger partial charge in [-0.25, -0.2) is 4.98 Å². The molecule has 0 N–H and O–H groups in total. The van der Waals surface area contributed by atoms with Crippen molar-refractivity contribution >= 4 is 40.6 Å². The summed E-state index contributed by atoms with van der Waals surface area (Å²) in [6, 6.07) is 7.73. The van der Waals surface area contributed by atoms with E-state index in [9.17, 15) is 9.59 Å². The van der Waals surface area contributed by atoms with Gasteiger partial charge in [0.15, 0.2) is 11.6 Å². The first-order chi connectivity index (χ1) is 14.4. The van der Waals surface area contributed by atoms with E-state index in [0.717, 1.165) is 26.7 Å². The molecule has 4 rings (SSSR count). The lowest BCUT2D eigenvalue weighted by Gasteiger charge is -2.10. The van der Waals surface area contributed by atoms with Gasteiger partial charge in [-0.05, 0) is 55.3 Å². The zero-order valence-corrected chi connectivity index (χ0v) is 18.3. The Labute approximate surface area is 184 Å².